The van der Waals surface area contributed by atoms with Gasteiger partial charge in [0.05, 0.1) is 16.0 Å². The van der Waals surface area contributed by atoms with Gasteiger partial charge in [0, 0.05) is 37.2 Å². The molecular formula is C20H13Cl3N2O3S. The molecule has 0 heterocycles. The molecule has 0 unspecified atom stereocenters. The van der Waals surface area contributed by atoms with Crippen LogP contribution in [0.1, 0.15) is 11.1 Å². The minimum absolute atomic E-state index is 0.0250. The van der Waals surface area contributed by atoms with E-state index in [1.165, 1.54) is 24.0 Å². The van der Waals surface area contributed by atoms with Crippen molar-refractivity contribution in [1.82, 2.24) is 0 Å². The highest BCUT2D eigenvalue weighted by atomic mass is 35.5. The average Bonchev–Trinajstić information content (AvgIpc) is 2.69. The Kier molecular flexibility index (Phi) is 7.39. The number of nitro benzene ring substituents is 1. The van der Waals surface area contributed by atoms with Crippen LogP contribution < -0.4 is 0 Å². The van der Waals surface area contributed by atoms with E-state index in [9.17, 15) is 10.1 Å². The first-order valence-corrected chi connectivity index (χ1v) is 10.2. The Bertz CT molecular complexity index is 1040. The highest BCUT2D eigenvalue weighted by molar-refractivity contribution is 7.99. The standard InChI is InChI=1S/C20H13Cl3N2O3S/c21-14-5-7-15(8-6-14)29-20-9-4-13(10-19(20)25(26)27)11-24-28-12-16-17(22)2-1-3-18(16)23/h1-11H,12H2/b24-11+. The fourth-order valence-electron chi connectivity index (χ4n) is 2.34. The number of hydrogen-bond donors (Lipinski definition) is 0. The molecule has 0 N–H and O–H groups in total. The van der Waals surface area contributed by atoms with Gasteiger partial charge in [-0.05, 0) is 42.5 Å². The van der Waals surface area contributed by atoms with E-state index in [4.69, 9.17) is 39.6 Å². The van der Waals surface area contributed by atoms with E-state index < -0.39 is 4.92 Å². The molecule has 0 atom stereocenters. The first kappa shape index (κ1) is 21.5. The second kappa shape index (κ2) is 9.98. The first-order valence-electron chi connectivity index (χ1n) is 8.24. The van der Waals surface area contributed by atoms with Crippen molar-refractivity contribution in [1.29, 1.82) is 0 Å². The van der Waals surface area contributed by atoms with Crippen LogP contribution in [0.25, 0.3) is 0 Å². The Morgan fingerprint density at radius 1 is 1.03 bits per heavy atom. The van der Waals surface area contributed by atoms with E-state index in [1.54, 1.807) is 54.6 Å². The number of hydrogen-bond acceptors (Lipinski definition) is 5. The van der Waals surface area contributed by atoms with Gasteiger partial charge >= 0.3 is 0 Å². The Morgan fingerprint density at radius 2 is 1.72 bits per heavy atom. The largest absolute Gasteiger partial charge is 0.391 e. The van der Waals surface area contributed by atoms with Gasteiger partial charge in [0.2, 0.25) is 0 Å². The van der Waals surface area contributed by atoms with Gasteiger partial charge in [0.25, 0.3) is 5.69 Å². The summed E-state index contributed by atoms with van der Waals surface area (Å²) in [5, 5.41) is 16.9. The molecular weight excluding hydrogens is 455 g/mol. The molecule has 0 fully saturated rings. The Labute approximate surface area is 186 Å². The van der Waals surface area contributed by atoms with Gasteiger partial charge in [-0.15, -0.1) is 0 Å². The number of halogens is 3. The minimum Gasteiger partial charge on any atom is -0.391 e. The van der Waals surface area contributed by atoms with Crippen molar-refractivity contribution in [3.05, 3.63) is 97.0 Å². The maximum atomic E-state index is 11.5. The van der Waals surface area contributed by atoms with Crippen molar-refractivity contribution in [2.75, 3.05) is 0 Å². The molecule has 0 spiro atoms. The summed E-state index contributed by atoms with van der Waals surface area (Å²) in [6, 6.07) is 17.1. The van der Waals surface area contributed by atoms with Crippen LogP contribution in [0.5, 0.6) is 0 Å². The Morgan fingerprint density at radius 3 is 2.38 bits per heavy atom. The van der Waals surface area contributed by atoms with Crippen molar-refractivity contribution >= 4 is 58.5 Å². The second-order valence-electron chi connectivity index (χ2n) is 5.75. The van der Waals surface area contributed by atoms with Crippen LogP contribution in [0, 0.1) is 10.1 Å². The molecule has 0 aliphatic carbocycles. The highest BCUT2D eigenvalue weighted by Gasteiger charge is 2.15. The van der Waals surface area contributed by atoms with Crippen LogP contribution >= 0.6 is 46.6 Å². The summed E-state index contributed by atoms with van der Waals surface area (Å²) in [4.78, 5) is 17.6. The molecule has 0 aliphatic rings. The molecule has 0 saturated carbocycles. The fourth-order valence-corrected chi connectivity index (χ4v) is 3.88. The van der Waals surface area contributed by atoms with Crippen LogP contribution in [-0.2, 0) is 11.4 Å². The Balaban J connectivity index is 1.71. The number of nitrogens with zero attached hydrogens (tertiary/aromatic N) is 2. The van der Waals surface area contributed by atoms with E-state index in [0.29, 0.717) is 31.1 Å². The van der Waals surface area contributed by atoms with Gasteiger partial charge in [-0.3, -0.25) is 10.1 Å². The lowest BCUT2D eigenvalue weighted by molar-refractivity contribution is -0.387. The van der Waals surface area contributed by atoms with E-state index in [0.717, 1.165) is 4.90 Å². The van der Waals surface area contributed by atoms with E-state index in [-0.39, 0.29) is 12.3 Å². The fraction of sp³-hybridized carbons (Fsp3) is 0.0500. The van der Waals surface area contributed by atoms with Gasteiger partial charge in [-0.1, -0.05) is 63.9 Å². The summed E-state index contributed by atoms with van der Waals surface area (Å²) >= 11 is 19.3. The summed E-state index contributed by atoms with van der Waals surface area (Å²) in [6.45, 7) is 0.0849. The molecule has 0 aliphatic heterocycles. The molecule has 0 bridgehead atoms. The highest BCUT2D eigenvalue weighted by Crippen LogP contribution is 2.35. The monoisotopic (exact) mass is 466 g/mol. The number of rotatable bonds is 7. The number of benzene rings is 3. The van der Waals surface area contributed by atoms with E-state index in [1.807, 2.05) is 0 Å². The molecule has 148 valence electrons. The molecule has 3 rings (SSSR count). The van der Waals surface area contributed by atoms with Gasteiger partial charge in [-0.25, -0.2) is 0 Å². The van der Waals surface area contributed by atoms with Gasteiger partial charge in [0.1, 0.15) is 6.61 Å². The third-order valence-electron chi connectivity index (χ3n) is 3.77. The lowest BCUT2D eigenvalue weighted by Gasteiger charge is -2.05. The van der Waals surface area contributed by atoms with Crippen LogP contribution in [0.15, 0.2) is 75.6 Å². The lowest BCUT2D eigenvalue weighted by Crippen LogP contribution is -1.94. The molecule has 3 aromatic rings. The molecule has 0 radical (unpaired) electrons. The van der Waals surface area contributed by atoms with E-state index >= 15 is 0 Å². The maximum absolute atomic E-state index is 11.5. The SMILES string of the molecule is O=[N+]([O-])c1cc(/C=N/OCc2c(Cl)cccc2Cl)ccc1Sc1ccc(Cl)cc1. The van der Waals surface area contributed by atoms with Crippen LogP contribution in [0.4, 0.5) is 5.69 Å². The second-order valence-corrected chi connectivity index (χ2v) is 8.11. The third kappa shape index (κ3) is 5.87. The van der Waals surface area contributed by atoms with Crippen molar-refractivity contribution in [2.24, 2.45) is 5.16 Å². The smallest absolute Gasteiger partial charge is 0.283 e. The zero-order chi connectivity index (χ0) is 20.8. The predicted octanol–water partition coefficient (Wildman–Crippen LogP) is 7.26. The van der Waals surface area contributed by atoms with E-state index in [2.05, 4.69) is 5.16 Å². The van der Waals surface area contributed by atoms with Crippen molar-refractivity contribution in [2.45, 2.75) is 16.4 Å². The van der Waals surface area contributed by atoms with Crippen molar-refractivity contribution in [3.63, 3.8) is 0 Å². The van der Waals surface area contributed by atoms with Crippen LogP contribution in [-0.4, -0.2) is 11.1 Å². The molecule has 0 amide bonds. The van der Waals surface area contributed by atoms with Crippen LogP contribution in [0.3, 0.4) is 0 Å². The molecule has 3 aromatic carbocycles. The zero-order valence-corrected chi connectivity index (χ0v) is 17.8. The van der Waals surface area contributed by atoms with Crippen LogP contribution in [0.2, 0.25) is 15.1 Å². The predicted molar refractivity (Wildman–Crippen MR) is 118 cm³/mol. The summed E-state index contributed by atoms with van der Waals surface area (Å²) < 4.78 is 0. The first-order chi connectivity index (χ1) is 13.9. The van der Waals surface area contributed by atoms with Crippen molar-refractivity contribution < 1.29 is 9.76 Å². The molecule has 9 heteroatoms. The molecule has 0 aromatic heterocycles. The molecule has 5 nitrogen and oxygen atoms in total. The summed E-state index contributed by atoms with van der Waals surface area (Å²) in [5.41, 5.74) is 1.12. The quantitative estimate of drug-likeness (QED) is 0.208. The molecule has 0 saturated heterocycles. The van der Waals surface area contributed by atoms with Gasteiger partial charge < -0.3 is 4.84 Å². The van der Waals surface area contributed by atoms with Crippen molar-refractivity contribution in [3.8, 4) is 0 Å². The lowest BCUT2D eigenvalue weighted by atomic mass is 10.2. The maximum Gasteiger partial charge on any atom is 0.283 e. The normalized spacial score (nSPS) is 11.0. The average molecular weight is 468 g/mol. The topological polar surface area (TPSA) is 64.7 Å². The number of nitro groups is 1. The Hall–Kier alpha value is -2.25. The summed E-state index contributed by atoms with van der Waals surface area (Å²) in [7, 11) is 0. The number of oxime groups is 1. The van der Waals surface area contributed by atoms with Gasteiger partial charge in [-0.2, -0.15) is 0 Å². The zero-order valence-electron chi connectivity index (χ0n) is 14.7. The van der Waals surface area contributed by atoms with Gasteiger partial charge in [0.15, 0.2) is 0 Å². The third-order valence-corrected chi connectivity index (χ3v) is 5.80. The molecule has 29 heavy (non-hydrogen) atoms. The summed E-state index contributed by atoms with van der Waals surface area (Å²) in [6.07, 6.45) is 1.40. The summed E-state index contributed by atoms with van der Waals surface area (Å²) in [5.74, 6) is 0. The minimum atomic E-state index is -0.431.